The topological polar surface area (TPSA) is 111 Å². The summed E-state index contributed by atoms with van der Waals surface area (Å²) in [5.41, 5.74) is 1.86. The van der Waals surface area contributed by atoms with Gasteiger partial charge in [-0.3, -0.25) is 14.0 Å². The Morgan fingerprint density at radius 1 is 1.13 bits per heavy atom. The maximum absolute atomic E-state index is 13.7. The molecule has 2 N–H and O–H groups in total. The fourth-order valence-corrected chi connectivity index (χ4v) is 5.32. The number of hydrogen-bond donors (Lipinski definition) is 2. The Kier molecular flexibility index (Phi) is 8.27. The molecule has 0 aliphatic carbocycles. The second-order valence-electron chi connectivity index (χ2n) is 10.9. The molecule has 1 saturated heterocycles. The zero-order valence-electron chi connectivity index (χ0n) is 24.7. The summed E-state index contributed by atoms with van der Waals surface area (Å²) in [7, 11) is 3.86. The molecule has 4 aromatic heterocycles. The van der Waals surface area contributed by atoms with E-state index >= 15 is 0 Å². The fraction of sp³-hybridized carbons (Fsp3) is 0.323. The predicted molar refractivity (Wildman–Crippen MR) is 164 cm³/mol. The second-order valence-corrected chi connectivity index (χ2v) is 10.9. The van der Waals surface area contributed by atoms with Crippen molar-refractivity contribution in [3.8, 4) is 11.8 Å². The van der Waals surface area contributed by atoms with Crippen molar-refractivity contribution in [3.05, 3.63) is 88.6 Å². The van der Waals surface area contributed by atoms with Crippen LogP contribution in [0, 0.1) is 11.8 Å². The molecular formula is C31H31F3N10O. The van der Waals surface area contributed by atoms with Gasteiger partial charge in [0.1, 0.15) is 12.2 Å². The maximum Gasteiger partial charge on any atom is 0.408 e. The average molecular weight is 617 g/mol. The van der Waals surface area contributed by atoms with Crippen molar-refractivity contribution in [1.82, 2.24) is 39.2 Å². The molecule has 1 unspecified atom stereocenters. The summed E-state index contributed by atoms with van der Waals surface area (Å²) in [5, 5.41) is 10.9. The molecule has 1 fully saturated rings. The number of imidazole rings is 1. The largest absolute Gasteiger partial charge is 0.408 e. The third kappa shape index (κ3) is 6.83. The van der Waals surface area contributed by atoms with Gasteiger partial charge in [0, 0.05) is 68.2 Å². The Morgan fingerprint density at radius 2 is 1.96 bits per heavy atom. The minimum absolute atomic E-state index is 0.129. The highest BCUT2D eigenvalue weighted by Gasteiger charge is 2.29. The number of pyridine rings is 1. The van der Waals surface area contributed by atoms with E-state index in [9.17, 15) is 18.0 Å². The summed E-state index contributed by atoms with van der Waals surface area (Å²) < 4.78 is 43.5. The van der Waals surface area contributed by atoms with E-state index in [1.54, 1.807) is 36.3 Å². The van der Waals surface area contributed by atoms with E-state index < -0.39 is 18.3 Å². The van der Waals surface area contributed by atoms with Crippen molar-refractivity contribution in [2.45, 2.75) is 38.1 Å². The number of hydrogen-bond acceptors (Lipinski definition) is 8. The standard InChI is InChI=1S/C31H31F3N10O/c1-41-15-14-36-27(41)10-5-21-16-22-17-37-30(39-23-6-8-24(9-7-23)42(2)25-4-3-12-35-18-25)40-28(22)43(29(21)45)19-26-11-13-38-44(26)20-31(32,33)34/h6-9,11,13-17,25,35H,3-4,12,18-20H2,1-2H3,(H,37,39,40). The molecule has 1 aliphatic heterocycles. The first-order chi connectivity index (χ1) is 21.6. The molecule has 45 heavy (non-hydrogen) atoms. The number of nitrogens with one attached hydrogen (secondary N) is 2. The van der Waals surface area contributed by atoms with Crippen LogP contribution in [0.5, 0.6) is 0 Å². The number of likely N-dealkylation sites (N-methyl/N-ethyl adjacent to an activating group) is 1. The van der Waals surface area contributed by atoms with Gasteiger partial charge in [-0.05, 0) is 61.7 Å². The number of nitrogens with zero attached hydrogens (tertiary/aromatic N) is 8. The highest BCUT2D eigenvalue weighted by atomic mass is 19.4. The van der Waals surface area contributed by atoms with Crippen molar-refractivity contribution in [2.24, 2.45) is 7.05 Å². The molecule has 14 heteroatoms. The number of aromatic nitrogens is 7. The van der Waals surface area contributed by atoms with Gasteiger partial charge in [0.15, 0.2) is 5.82 Å². The highest BCUT2D eigenvalue weighted by Crippen LogP contribution is 2.24. The summed E-state index contributed by atoms with van der Waals surface area (Å²) in [6, 6.07) is 11.3. The third-order valence-electron chi connectivity index (χ3n) is 7.76. The molecule has 0 saturated carbocycles. The third-order valence-corrected chi connectivity index (χ3v) is 7.76. The van der Waals surface area contributed by atoms with Gasteiger partial charge in [-0.2, -0.15) is 23.3 Å². The molecule has 1 aromatic carbocycles. The fourth-order valence-electron chi connectivity index (χ4n) is 5.32. The number of benzene rings is 1. The Hall–Kier alpha value is -5.16. The van der Waals surface area contributed by atoms with Gasteiger partial charge in [-0.15, -0.1) is 0 Å². The zero-order valence-corrected chi connectivity index (χ0v) is 24.7. The van der Waals surface area contributed by atoms with Gasteiger partial charge in [0.2, 0.25) is 5.95 Å². The normalized spacial score (nSPS) is 15.1. The van der Waals surface area contributed by atoms with Gasteiger partial charge in [0.25, 0.3) is 5.56 Å². The molecule has 0 radical (unpaired) electrons. The van der Waals surface area contributed by atoms with E-state index in [-0.39, 0.29) is 29.4 Å². The summed E-state index contributed by atoms with van der Waals surface area (Å²) in [5.74, 6) is 6.43. The van der Waals surface area contributed by atoms with E-state index in [2.05, 4.69) is 54.5 Å². The molecule has 6 rings (SSSR count). The van der Waals surface area contributed by atoms with Crippen LogP contribution < -0.4 is 21.1 Å². The molecule has 0 spiro atoms. The van der Waals surface area contributed by atoms with Crippen molar-refractivity contribution in [3.63, 3.8) is 0 Å². The summed E-state index contributed by atoms with van der Waals surface area (Å²) >= 11 is 0. The molecule has 11 nitrogen and oxygen atoms in total. The minimum atomic E-state index is -4.49. The van der Waals surface area contributed by atoms with E-state index in [1.165, 1.54) is 16.8 Å². The van der Waals surface area contributed by atoms with Gasteiger partial charge in [0.05, 0.1) is 17.8 Å². The first-order valence-electron chi connectivity index (χ1n) is 14.4. The molecule has 0 bridgehead atoms. The lowest BCUT2D eigenvalue weighted by molar-refractivity contribution is -0.143. The zero-order chi connectivity index (χ0) is 31.6. The number of halogens is 3. The van der Waals surface area contributed by atoms with Gasteiger partial charge in [-0.25, -0.2) is 9.97 Å². The summed E-state index contributed by atoms with van der Waals surface area (Å²) in [4.78, 5) is 29.2. The number of aryl methyl sites for hydroxylation is 1. The highest BCUT2D eigenvalue weighted by molar-refractivity contribution is 5.77. The van der Waals surface area contributed by atoms with E-state index in [0.717, 1.165) is 42.0 Å². The predicted octanol–water partition coefficient (Wildman–Crippen LogP) is 3.66. The van der Waals surface area contributed by atoms with Crippen molar-refractivity contribution >= 4 is 28.4 Å². The number of rotatable bonds is 7. The number of piperidine rings is 1. The molecule has 0 amide bonds. The maximum atomic E-state index is 13.7. The van der Waals surface area contributed by atoms with Crippen molar-refractivity contribution in [1.29, 1.82) is 0 Å². The van der Waals surface area contributed by atoms with E-state index in [1.807, 2.05) is 24.3 Å². The van der Waals surface area contributed by atoms with Crippen LogP contribution in [0.4, 0.5) is 30.5 Å². The first kappa shape index (κ1) is 29.9. The van der Waals surface area contributed by atoms with Crippen LogP contribution in [0.2, 0.25) is 0 Å². The molecular weight excluding hydrogens is 585 g/mol. The van der Waals surface area contributed by atoms with E-state index in [0.29, 0.717) is 17.3 Å². The van der Waals surface area contributed by atoms with Gasteiger partial charge >= 0.3 is 6.18 Å². The summed E-state index contributed by atoms with van der Waals surface area (Å²) in [6.45, 7) is 0.488. The van der Waals surface area contributed by atoms with Crippen LogP contribution in [-0.2, 0) is 20.1 Å². The number of alkyl halides is 3. The minimum Gasteiger partial charge on any atom is -0.370 e. The van der Waals surface area contributed by atoms with Crippen molar-refractivity contribution < 1.29 is 13.2 Å². The number of fused-ring (bicyclic) bond motifs is 1. The van der Waals surface area contributed by atoms with Gasteiger partial charge < -0.3 is 20.1 Å². The van der Waals surface area contributed by atoms with Gasteiger partial charge in [-0.1, -0.05) is 5.92 Å². The van der Waals surface area contributed by atoms with Crippen LogP contribution in [0.15, 0.2) is 66.0 Å². The Labute approximate surface area is 256 Å². The van der Waals surface area contributed by atoms with Crippen LogP contribution in [0.1, 0.15) is 29.9 Å². The van der Waals surface area contributed by atoms with Crippen LogP contribution >= 0.6 is 0 Å². The van der Waals surface area contributed by atoms with Crippen molar-refractivity contribution in [2.75, 3.05) is 30.4 Å². The van der Waals surface area contributed by atoms with E-state index in [4.69, 9.17) is 0 Å². The van der Waals surface area contributed by atoms with Crippen LogP contribution in [-0.4, -0.2) is 66.2 Å². The lowest BCUT2D eigenvalue weighted by Gasteiger charge is -2.33. The smallest absolute Gasteiger partial charge is 0.370 e. The molecule has 1 aliphatic rings. The Morgan fingerprint density at radius 3 is 2.67 bits per heavy atom. The Balaban J connectivity index is 1.34. The molecule has 232 valence electrons. The molecule has 1 atom stereocenters. The quantitative estimate of drug-likeness (QED) is 0.267. The molecule has 5 heterocycles. The Bertz CT molecular complexity index is 1930. The lowest BCUT2D eigenvalue weighted by Crippen LogP contribution is -2.44. The van der Waals surface area contributed by atoms with Crippen LogP contribution in [0.3, 0.4) is 0 Å². The second kappa shape index (κ2) is 12.4. The van der Waals surface area contributed by atoms with Crippen LogP contribution in [0.25, 0.3) is 11.0 Å². The lowest BCUT2D eigenvalue weighted by atomic mass is 10.1. The SMILES string of the molecule is CN(c1ccc(Nc2ncc3cc(C#Cc4nccn4C)c(=O)n(Cc4ccnn4CC(F)(F)F)c3n2)cc1)C1CCCNC1. The number of anilines is 3. The molecule has 5 aromatic rings. The first-order valence-corrected chi connectivity index (χ1v) is 14.4. The average Bonchev–Trinajstić information content (AvgIpc) is 3.65. The monoisotopic (exact) mass is 616 g/mol. The summed E-state index contributed by atoms with van der Waals surface area (Å²) in [6.07, 6.45) is 3.93.